The van der Waals surface area contributed by atoms with Gasteiger partial charge in [-0.15, -0.1) is 11.3 Å². The van der Waals surface area contributed by atoms with Gasteiger partial charge >= 0.3 is 0 Å². The molecule has 0 aliphatic rings. The van der Waals surface area contributed by atoms with Gasteiger partial charge in [-0.2, -0.15) is 0 Å². The Kier molecular flexibility index (Phi) is 4.58. The molecule has 0 bridgehead atoms. The van der Waals surface area contributed by atoms with E-state index in [0.717, 1.165) is 20.5 Å². The maximum absolute atomic E-state index is 13.3. The molecule has 3 aromatic carbocycles. The molecule has 0 aliphatic heterocycles. The van der Waals surface area contributed by atoms with Gasteiger partial charge in [0.15, 0.2) is 5.76 Å². The third-order valence-electron chi connectivity index (χ3n) is 4.69. The number of hydrogen-bond donors (Lipinski definition) is 0. The van der Waals surface area contributed by atoms with Crippen molar-refractivity contribution in [3.8, 4) is 16.4 Å². The molecule has 0 atom stereocenters. The summed E-state index contributed by atoms with van der Waals surface area (Å²) in [4.78, 5) is 14.1. The van der Waals surface area contributed by atoms with Gasteiger partial charge in [-0.25, -0.2) is 0 Å². The van der Waals surface area contributed by atoms with Crippen LogP contribution in [0.25, 0.3) is 31.7 Å². The standard InChI is InChI=1S/C24H15ClO3S/c25-17-10-11-19-18(13-17)22(26)24(27-14-15-6-2-1-3-7-15)23(28-19)21-12-16-8-4-5-9-20(16)29-21/h1-13H,14H2. The van der Waals surface area contributed by atoms with Crippen LogP contribution in [-0.2, 0) is 6.61 Å². The van der Waals surface area contributed by atoms with E-state index in [1.54, 1.807) is 29.5 Å². The molecular formula is C24H15ClO3S. The number of hydrogen-bond acceptors (Lipinski definition) is 4. The van der Waals surface area contributed by atoms with Crippen LogP contribution in [0, 0.1) is 0 Å². The van der Waals surface area contributed by atoms with Crippen molar-refractivity contribution in [2.45, 2.75) is 6.61 Å². The summed E-state index contributed by atoms with van der Waals surface area (Å²) in [5, 5.41) is 1.99. The monoisotopic (exact) mass is 418 g/mol. The van der Waals surface area contributed by atoms with E-state index in [2.05, 4.69) is 0 Å². The van der Waals surface area contributed by atoms with Crippen molar-refractivity contribution in [3.05, 3.63) is 99.7 Å². The zero-order valence-corrected chi connectivity index (χ0v) is 16.8. The largest absolute Gasteiger partial charge is 0.481 e. The Morgan fingerprint density at radius 3 is 2.55 bits per heavy atom. The average molecular weight is 419 g/mol. The van der Waals surface area contributed by atoms with Gasteiger partial charge in [0.2, 0.25) is 11.2 Å². The smallest absolute Gasteiger partial charge is 0.235 e. The van der Waals surface area contributed by atoms with Crippen LogP contribution in [0.2, 0.25) is 5.02 Å². The van der Waals surface area contributed by atoms with E-state index in [1.165, 1.54) is 0 Å². The van der Waals surface area contributed by atoms with Gasteiger partial charge in [0.25, 0.3) is 0 Å². The Morgan fingerprint density at radius 2 is 1.72 bits per heavy atom. The van der Waals surface area contributed by atoms with Gasteiger partial charge in [0.05, 0.1) is 10.3 Å². The molecule has 0 saturated carbocycles. The van der Waals surface area contributed by atoms with Crippen LogP contribution in [0.3, 0.4) is 0 Å². The first-order valence-electron chi connectivity index (χ1n) is 9.11. The Bertz CT molecular complexity index is 1350. The molecule has 0 N–H and O–H groups in total. The third-order valence-corrected chi connectivity index (χ3v) is 6.04. The lowest BCUT2D eigenvalue weighted by Gasteiger charge is -2.11. The second-order valence-corrected chi connectivity index (χ2v) is 8.17. The first kappa shape index (κ1) is 18.0. The minimum atomic E-state index is -0.225. The molecular weight excluding hydrogens is 404 g/mol. The number of fused-ring (bicyclic) bond motifs is 2. The molecule has 2 aromatic heterocycles. The van der Waals surface area contributed by atoms with Crippen LogP contribution >= 0.6 is 22.9 Å². The van der Waals surface area contributed by atoms with Gasteiger partial charge in [-0.05, 0) is 41.3 Å². The maximum atomic E-state index is 13.3. The molecule has 5 heteroatoms. The molecule has 3 nitrogen and oxygen atoms in total. The van der Waals surface area contributed by atoms with Crippen molar-refractivity contribution in [2.75, 3.05) is 0 Å². The average Bonchev–Trinajstić information content (AvgIpc) is 3.18. The van der Waals surface area contributed by atoms with E-state index in [-0.39, 0.29) is 17.8 Å². The first-order valence-corrected chi connectivity index (χ1v) is 10.3. The van der Waals surface area contributed by atoms with Crippen molar-refractivity contribution < 1.29 is 9.15 Å². The van der Waals surface area contributed by atoms with E-state index in [0.29, 0.717) is 21.8 Å². The summed E-state index contributed by atoms with van der Waals surface area (Å²) in [5.41, 5.74) is 1.23. The predicted molar refractivity (Wildman–Crippen MR) is 119 cm³/mol. The van der Waals surface area contributed by atoms with Gasteiger partial charge < -0.3 is 9.15 Å². The highest BCUT2D eigenvalue weighted by Crippen LogP contribution is 2.39. The zero-order chi connectivity index (χ0) is 19.8. The summed E-state index contributed by atoms with van der Waals surface area (Å²) >= 11 is 7.67. The second kappa shape index (κ2) is 7.39. The Balaban J connectivity index is 1.70. The van der Waals surface area contributed by atoms with Crippen molar-refractivity contribution in [1.29, 1.82) is 0 Å². The highest BCUT2D eigenvalue weighted by atomic mass is 35.5. The van der Waals surface area contributed by atoms with E-state index in [1.807, 2.05) is 60.7 Å². The lowest BCUT2D eigenvalue weighted by Crippen LogP contribution is -2.10. The highest BCUT2D eigenvalue weighted by molar-refractivity contribution is 7.22. The zero-order valence-electron chi connectivity index (χ0n) is 15.2. The van der Waals surface area contributed by atoms with Gasteiger partial charge in [0, 0.05) is 9.72 Å². The van der Waals surface area contributed by atoms with Gasteiger partial charge in [-0.1, -0.05) is 60.1 Å². The van der Waals surface area contributed by atoms with E-state index in [4.69, 9.17) is 20.8 Å². The molecule has 5 aromatic rings. The fraction of sp³-hybridized carbons (Fsp3) is 0.0417. The Labute approximate surface area is 175 Å². The van der Waals surface area contributed by atoms with Crippen LogP contribution in [0.4, 0.5) is 0 Å². The van der Waals surface area contributed by atoms with Gasteiger partial charge in [-0.3, -0.25) is 4.79 Å². The molecule has 0 radical (unpaired) electrons. The molecule has 0 unspecified atom stereocenters. The van der Waals surface area contributed by atoms with Crippen LogP contribution < -0.4 is 10.2 Å². The first-order chi connectivity index (χ1) is 14.2. The SMILES string of the molecule is O=c1c(OCc2ccccc2)c(-c2cc3ccccc3s2)oc2ccc(Cl)cc12. The fourth-order valence-corrected chi connectivity index (χ4v) is 4.48. The van der Waals surface area contributed by atoms with Crippen molar-refractivity contribution in [1.82, 2.24) is 0 Å². The van der Waals surface area contributed by atoms with Crippen molar-refractivity contribution >= 4 is 44.0 Å². The Morgan fingerprint density at radius 1 is 0.931 bits per heavy atom. The minimum absolute atomic E-state index is 0.204. The third kappa shape index (κ3) is 3.41. The number of halogens is 1. The van der Waals surface area contributed by atoms with E-state index in [9.17, 15) is 4.79 Å². The molecule has 29 heavy (non-hydrogen) atoms. The molecule has 142 valence electrons. The molecule has 5 rings (SSSR count). The molecule has 0 fully saturated rings. The highest BCUT2D eigenvalue weighted by Gasteiger charge is 2.20. The molecule has 0 spiro atoms. The molecule has 0 aliphatic carbocycles. The minimum Gasteiger partial charge on any atom is -0.481 e. The number of ether oxygens (including phenoxy) is 1. The number of thiophene rings is 1. The summed E-state index contributed by atoms with van der Waals surface area (Å²) in [6.45, 7) is 0.273. The Hall–Kier alpha value is -3.08. The van der Waals surface area contributed by atoms with Crippen LogP contribution in [-0.4, -0.2) is 0 Å². The van der Waals surface area contributed by atoms with Crippen LogP contribution in [0.5, 0.6) is 5.75 Å². The summed E-state index contributed by atoms with van der Waals surface area (Å²) in [6, 6.07) is 24.9. The van der Waals surface area contributed by atoms with Crippen LogP contribution in [0.15, 0.2) is 88.1 Å². The summed E-state index contributed by atoms with van der Waals surface area (Å²) in [6.07, 6.45) is 0. The lowest BCUT2D eigenvalue weighted by atomic mass is 10.2. The summed E-state index contributed by atoms with van der Waals surface area (Å²) in [5.74, 6) is 0.650. The quantitative estimate of drug-likeness (QED) is 0.318. The molecule has 2 heterocycles. The number of rotatable bonds is 4. The van der Waals surface area contributed by atoms with Gasteiger partial charge in [0.1, 0.15) is 12.2 Å². The van der Waals surface area contributed by atoms with Crippen LogP contribution in [0.1, 0.15) is 5.56 Å². The summed E-state index contributed by atoms with van der Waals surface area (Å²) < 4.78 is 13.3. The number of benzene rings is 3. The van der Waals surface area contributed by atoms with Crippen molar-refractivity contribution in [2.24, 2.45) is 0 Å². The lowest BCUT2D eigenvalue weighted by molar-refractivity contribution is 0.298. The van der Waals surface area contributed by atoms with Crippen molar-refractivity contribution in [3.63, 3.8) is 0 Å². The predicted octanol–water partition coefficient (Wildman–Crippen LogP) is 6.91. The fourth-order valence-electron chi connectivity index (χ4n) is 3.27. The van der Waals surface area contributed by atoms with E-state index >= 15 is 0 Å². The summed E-state index contributed by atoms with van der Waals surface area (Å²) in [7, 11) is 0. The maximum Gasteiger partial charge on any atom is 0.235 e. The topological polar surface area (TPSA) is 39.4 Å². The molecule has 0 saturated heterocycles. The second-order valence-electron chi connectivity index (χ2n) is 6.65. The molecule has 0 amide bonds. The normalized spacial score (nSPS) is 11.2. The van der Waals surface area contributed by atoms with E-state index < -0.39 is 0 Å².